The number of hydrogen-bond donors (Lipinski definition) is 1. The van der Waals surface area contributed by atoms with E-state index in [1.165, 1.54) is 5.56 Å². The quantitative estimate of drug-likeness (QED) is 0.805. The Kier molecular flexibility index (Phi) is 5.38. The summed E-state index contributed by atoms with van der Waals surface area (Å²) >= 11 is 6.79. The zero-order valence-electron chi connectivity index (χ0n) is 11.1. The molecule has 2 aromatic carbocycles. The van der Waals surface area contributed by atoms with Crippen molar-refractivity contribution in [3.05, 3.63) is 68.6 Å². The van der Waals surface area contributed by atoms with Crippen LogP contribution in [0.4, 0.5) is 0 Å². The van der Waals surface area contributed by atoms with Crippen LogP contribution in [0.2, 0.25) is 0 Å². The van der Waals surface area contributed by atoms with Crippen LogP contribution in [-0.4, -0.2) is 11.9 Å². The van der Waals surface area contributed by atoms with Gasteiger partial charge in [0.05, 0.1) is 5.56 Å². The second kappa shape index (κ2) is 7.04. The topological polar surface area (TPSA) is 29.1 Å². The Hall–Kier alpha value is -1.13. The number of carbonyl (C=O) groups is 1. The highest BCUT2D eigenvalue weighted by Crippen LogP contribution is 2.22. The van der Waals surface area contributed by atoms with Gasteiger partial charge < -0.3 is 5.32 Å². The van der Waals surface area contributed by atoms with Crippen molar-refractivity contribution in [2.75, 3.05) is 0 Å². The van der Waals surface area contributed by atoms with Crippen LogP contribution in [0.25, 0.3) is 0 Å². The number of rotatable bonds is 4. The first-order chi connectivity index (χ1) is 9.56. The fourth-order valence-electron chi connectivity index (χ4n) is 1.99. The predicted octanol–water partition coefficient (Wildman–Crippen LogP) is 4.57. The minimum Gasteiger partial charge on any atom is -0.349 e. The Morgan fingerprint density at radius 2 is 1.85 bits per heavy atom. The molecule has 20 heavy (non-hydrogen) atoms. The first kappa shape index (κ1) is 15.3. The van der Waals surface area contributed by atoms with Crippen molar-refractivity contribution in [1.82, 2.24) is 5.32 Å². The second-order valence-corrected chi connectivity index (χ2v) is 6.46. The van der Waals surface area contributed by atoms with Crippen molar-refractivity contribution >= 4 is 37.8 Å². The van der Waals surface area contributed by atoms with Gasteiger partial charge in [0.1, 0.15) is 0 Å². The SMILES string of the molecule is CC(Cc1ccccc1)NC(=O)c1ccc(Br)cc1Br. The molecule has 0 aromatic heterocycles. The van der Waals surface area contributed by atoms with E-state index in [4.69, 9.17) is 0 Å². The number of amides is 1. The van der Waals surface area contributed by atoms with Crippen LogP contribution in [0.1, 0.15) is 22.8 Å². The van der Waals surface area contributed by atoms with E-state index in [-0.39, 0.29) is 11.9 Å². The smallest absolute Gasteiger partial charge is 0.252 e. The Bertz CT molecular complexity index is 599. The molecule has 0 saturated carbocycles. The average Bonchev–Trinajstić information content (AvgIpc) is 2.39. The lowest BCUT2D eigenvalue weighted by molar-refractivity contribution is 0.0939. The van der Waals surface area contributed by atoms with Crippen LogP contribution in [0.3, 0.4) is 0 Å². The first-order valence-electron chi connectivity index (χ1n) is 6.36. The van der Waals surface area contributed by atoms with E-state index < -0.39 is 0 Å². The van der Waals surface area contributed by atoms with E-state index >= 15 is 0 Å². The number of carbonyl (C=O) groups excluding carboxylic acids is 1. The van der Waals surface area contributed by atoms with Crippen molar-refractivity contribution in [2.45, 2.75) is 19.4 Å². The summed E-state index contributed by atoms with van der Waals surface area (Å²) in [5.74, 6) is -0.0622. The minimum atomic E-state index is -0.0622. The van der Waals surface area contributed by atoms with Crippen molar-refractivity contribution in [3.63, 3.8) is 0 Å². The predicted molar refractivity (Wildman–Crippen MR) is 88.9 cm³/mol. The molecule has 0 radical (unpaired) electrons. The molecule has 104 valence electrons. The molecule has 1 unspecified atom stereocenters. The molecule has 1 amide bonds. The van der Waals surface area contributed by atoms with Crippen LogP contribution >= 0.6 is 31.9 Å². The van der Waals surface area contributed by atoms with Gasteiger partial charge in [0.15, 0.2) is 0 Å². The van der Waals surface area contributed by atoms with E-state index in [9.17, 15) is 4.79 Å². The molecule has 2 aromatic rings. The molecule has 1 atom stereocenters. The minimum absolute atomic E-state index is 0.0622. The van der Waals surface area contributed by atoms with E-state index in [1.807, 2.05) is 37.3 Å². The summed E-state index contributed by atoms with van der Waals surface area (Å²) in [4.78, 5) is 12.2. The third kappa shape index (κ3) is 4.18. The van der Waals surface area contributed by atoms with Gasteiger partial charge in [-0.25, -0.2) is 0 Å². The maximum absolute atomic E-state index is 12.2. The molecule has 0 aliphatic carbocycles. The fourth-order valence-corrected chi connectivity index (χ4v) is 3.22. The lowest BCUT2D eigenvalue weighted by Crippen LogP contribution is -2.34. The summed E-state index contributed by atoms with van der Waals surface area (Å²) in [5, 5.41) is 3.02. The first-order valence-corrected chi connectivity index (χ1v) is 7.94. The molecule has 0 aliphatic heterocycles. The second-order valence-electron chi connectivity index (χ2n) is 4.69. The van der Waals surface area contributed by atoms with E-state index in [0.717, 1.165) is 15.4 Å². The van der Waals surface area contributed by atoms with Gasteiger partial charge in [-0.2, -0.15) is 0 Å². The molecule has 1 N–H and O–H groups in total. The maximum Gasteiger partial charge on any atom is 0.252 e. The highest BCUT2D eigenvalue weighted by atomic mass is 79.9. The summed E-state index contributed by atoms with van der Waals surface area (Å²) in [6.07, 6.45) is 0.820. The van der Waals surface area contributed by atoms with Crippen LogP contribution in [0, 0.1) is 0 Å². The molecular weight excluding hydrogens is 382 g/mol. The molecule has 0 spiro atoms. The Balaban J connectivity index is 2.00. The summed E-state index contributed by atoms with van der Waals surface area (Å²) in [6.45, 7) is 2.01. The van der Waals surface area contributed by atoms with E-state index in [2.05, 4.69) is 49.3 Å². The largest absolute Gasteiger partial charge is 0.349 e. The van der Waals surface area contributed by atoms with Crippen molar-refractivity contribution in [3.8, 4) is 0 Å². The summed E-state index contributed by atoms with van der Waals surface area (Å²) in [5.41, 5.74) is 1.86. The fraction of sp³-hybridized carbons (Fsp3) is 0.188. The van der Waals surface area contributed by atoms with Crippen LogP contribution in [-0.2, 0) is 6.42 Å². The summed E-state index contributed by atoms with van der Waals surface area (Å²) in [6, 6.07) is 15.8. The van der Waals surface area contributed by atoms with Gasteiger partial charge in [-0.05, 0) is 53.0 Å². The number of benzene rings is 2. The number of halogens is 2. The number of hydrogen-bond acceptors (Lipinski definition) is 1. The van der Waals surface area contributed by atoms with E-state index in [1.54, 1.807) is 6.07 Å². The summed E-state index contributed by atoms with van der Waals surface area (Å²) in [7, 11) is 0. The molecule has 2 rings (SSSR count). The lowest BCUT2D eigenvalue weighted by atomic mass is 10.1. The van der Waals surface area contributed by atoms with Gasteiger partial charge in [-0.3, -0.25) is 4.79 Å². The van der Waals surface area contributed by atoms with Crippen molar-refractivity contribution in [2.24, 2.45) is 0 Å². The third-order valence-corrected chi connectivity index (χ3v) is 4.09. The van der Waals surface area contributed by atoms with Gasteiger partial charge in [0.25, 0.3) is 5.91 Å². The monoisotopic (exact) mass is 395 g/mol. The van der Waals surface area contributed by atoms with Crippen molar-refractivity contribution in [1.29, 1.82) is 0 Å². The zero-order valence-corrected chi connectivity index (χ0v) is 14.2. The molecule has 0 bridgehead atoms. The normalized spacial score (nSPS) is 11.9. The highest BCUT2D eigenvalue weighted by molar-refractivity contribution is 9.11. The Labute approximate surface area is 135 Å². The zero-order chi connectivity index (χ0) is 14.5. The van der Waals surface area contributed by atoms with Crippen LogP contribution < -0.4 is 5.32 Å². The molecule has 4 heteroatoms. The van der Waals surface area contributed by atoms with Gasteiger partial charge in [0, 0.05) is 15.0 Å². The molecule has 0 fully saturated rings. The van der Waals surface area contributed by atoms with Crippen LogP contribution in [0.5, 0.6) is 0 Å². The molecule has 0 heterocycles. The van der Waals surface area contributed by atoms with Gasteiger partial charge >= 0.3 is 0 Å². The lowest BCUT2D eigenvalue weighted by Gasteiger charge is -2.14. The van der Waals surface area contributed by atoms with Gasteiger partial charge in [-0.1, -0.05) is 46.3 Å². The standard InChI is InChI=1S/C16H15Br2NO/c1-11(9-12-5-3-2-4-6-12)19-16(20)14-8-7-13(17)10-15(14)18/h2-8,10-11H,9H2,1H3,(H,19,20). The highest BCUT2D eigenvalue weighted by Gasteiger charge is 2.13. The van der Waals surface area contributed by atoms with Gasteiger partial charge in [0.2, 0.25) is 0 Å². The molecule has 2 nitrogen and oxygen atoms in total. The molecule has 0 saturated heterocycles. The number of nitrogens with one attached hydrogen (secondary N) is 1. The van der Waals surface area contributed by atoms with Crippen LogP contribution in [0.15, 0.2) is 57.5 Å². The van der Waals surface area contributed by atoms with Gasteiger partial charge in [-0.15, -0.1) is 0 Å². The molecular formula is C16H15Br2NO. The Morgan fingerprint density at radius 3 is 2.50 bits per heavy atom. The third-order valence-electron chi connectivity index (χ3n) is 2.94. The van der Waals surface area contributed by atoms with E-state index in [0.29, 0.717) is 5.56 Å². The Morgan fingerprint density at radius 1 is 1.15 bits per heavy atom. The maximum atomic E-state index is 12.2. The summed E-state index contributed by atoms with van der Waals surface area (Å²) < 4.78 is 1.73. The van der Waals surface area contributed by atoms with Crippen molar-refractivity contribution < 1.29 is 4.79 Å². The molecule has 0 aliphatic rings. The average molecular weight is 397 g/mol.